The first-order valence-corrected chi connectivity index (χ1v) is 8.56. The number of hydrogen-bond acceptors (Lipinski definition) is 4. The monoisotopic (exact) mass is 434 g/mol. The van der Waals surface area contributed by atoms with Gasteiger partial charge in [0.05, 0.1) is 36.9 Å². The van der Waals surface area contributed by atoms with Gasteiger partial charge in [0.1, 0.15) is 18.8 Å². The van der Waals surface area contributed by atoms with Gasteiger partial charge in [0.25, 0.3) is 0 Å². The highest BCUT2D eigenvalue weighted by Gasteiger charge is 2.14. The molecule has 0 aromatic heterocycles. The van der Waals surface area contributed by atoms with Crippen molar-refractivity contribution in [3.63, 3.8) is 0 Å². The molecule has 1 aromatic rings. The van der Waals surface area contributed by atoms with Crippen molar-refractivity contribution in [1.29, 1.82) is 0 Å². The molecule has 6 nitrogen and oxygen atoms in total. The highest BCUT2D eigenvalue weighted by molar-refractivity contribution is 9.11. The molecule has 1 aromatic carbocycles. The summed E-state index contributed by atoms with van der Waals surface area (Å²) >= 11 is 6.58. The van der Waals surface area contributed by atoms with Gasteiger partial charge in [-0.25, -0.2) is 5.43 Å². The van der Waals surface area contributed by atoms with E-state index in [1.54, 1.807) is 12.1 Å². The van der Waals surface area contributed by atoms with E-state index in [4.69, 9.17) is 4.74 Å². The summed E-state index contributed by atoms with van der Waals surface area (Å²) in [7, 11) is 0. The van der Waals surface area contributed by atoms with Crippen LogP contribution in [0.5, 0.6) is 5.75 Å². The van der Waals surface area contributed by atoms with E-state index >= 15 is 0 Å². The lowest BCUT2D eigenvalue weighted by atomic mass is 10.2. The Kier molecular flexibility index (Phi) is 6.81. The molecule has 0 aliphatic carbocycles. The average Bonchev–Trinajstić information content (AvgIpc) is 2.51. The number of morpholine rings is 1. The summed E-state index contributed by atoms with van der Waals surface area (Å²) in [5.41, 5.74) is 3.00. The Hall–Kier alpha value is -0.960. The Morgan fingerprint density at radius 2 is 2.14 bits per heavy atom. The number of halogens is 2. The van der Waals surface area contributed by atoms with Crippen LogP contribution in [0.1, 0.15) is 12.0 Å². The smallest absolute Gasteiger partial charge is 0.245 e. The van der Waals surface area contributed by atoms with Crippen LogP contribution in [0.25, 0.3) is 0 Å². The maximum absolute atomic E-state index is 11.7. The maximum Gasteiger partial charge on any atom is 0.245 e. The quantitative estimate of drug-likeness (QED) is 0.470. The molecule has 1 amide bonds. The van der Waals surface area contributed by atoms with Crippen LogP contribution in [0.3, 0.4) is 0 Å². The van der Waals surface area contributed by atoms with Crippen molar-refractivity contribution in [3.05, 3.63) is 26.6 Å². The van der Waals surface area contributed by atoms with Crippen molar-refractivity contribution in [2.45, 2.75) is 6.42 Å². The van der Waals surface area contributed by atoms with E-state index < -0.39 is 0 Å². The van der Waals surface area contributed by atoms with Crippen molar-refractivity contribution >= 4 is 44.0 Å². The second-order valence-electron chi connectivity index (χ2n) is 4.98. The van der Waals surface area contributed by atoms with E-state index in [1.807, 2.05) is 0 Å². The molecule has 0 spiro atoms. The van der Waals surface area contributed by atoms with Crippen LogP contribution >= 0.6 is 31.9 Å². The maximum atomic E-state index is 11.7. The van der Waals surface area contributed by atoms with E-state index in [0.29, 0.717) is 16.5 Å². The van der Waals surface area contributed by atoms with Crippen LogP contribution < -0.4 is 10.3 Å². The third kappa shape index (κ3) is 5.35. The molecule has 0 bridgehead atoms. The van der Waals surface area contributed by atoms with Crippen molar-refractivity contribution in [2.75, 3.05) is 32.8 Å². The summed E-state index contributed by atoms with van der Waals surface area (Å²) < 4.78 is 6.64. The second kappa shape index (κ2) is 8.61. The molecule has 2 rings (SSSR count). The molecule has 8 heteroatoms. The summed E-state index contributed by atoms with van der Waals surface area (Å²) in [6, 6.07) is 3.45. The first-order valence-electron chi connectivity index (χ1n) is 6.97. The number of quaternary nitrogens is 1. The first-order chi connectivity index (χ1) is 10.6. The molecule has 1 aliphatic heterocycles. The molecule has 1 fully saturated rings. The Balaban J connectivity index is 1.80. The van der Waals surface area contributed by atoms with E-state index in [0.717, 1.165) is 37.3 Å². The predicted octanol–water partition coefficient (Wildman–Crippen LogP) is 0.673. The SMILES string of the molecule is O=C(CC[NH+]1CCOCC1)N/N=C/c1cc(Br)cc(Br)c1O. The standard InChI is InChI=1S/C14H17Br2N3O3/c15-11-7-10(14(21)12(16)8-11)9-17-18-13(20)1-2-19-3-5-22-6-4-19/h7-9,21H,1-6H2,(H,18,20)/p+1/b17-9+. The van der Waals surface area contributed by atoms with Gasteiger partial charge in [-0.15, -0.1) is 0 Å². The summed E-state index contributed by atoms with van der Waals surface area (Å²) in [4.78, 5) is 13.1. The minimum absolute atomic E-state index is 0.0824. The Morgan fingerprint density at radius 1 is 1.41 bits per heavy atom. The van der Waals surface area contributed by atoms with Crippen molar-refractivity contribution in [2.24, 2.45) is 5.10 Å². The highest BCUT2D eigenvalue weighted by atomic mass is 79.9. The number of hydrogen-bond donors (Lipinski definition) is 3. The molecule has 22 heavy (non-hydrogen) atoms. The highest BCUT2D eigenvalue weighted by Crippen LogP contribution is 2.30. The number of phenolic OH excluding ortho intramolecular Hbond substituents is 1. The number of rotatable bonds is 5. The van der Waals surface area contributed by atoms with Gasteiger partial charge in [-0.2, -0.15) is 5.10 Å². The molecule has 3 N–H and O–H groups in total. The predicted molar refractivity (Wildman–Crippen MR) is 90.2 cm³/mol. The summed E-state index contributed by atoms with van der Waals surface area (Å²) in [6.45, 7) is 4.17. The number of ether oxygens (including phenoxy) is 1. The van der Waals surface area contributed by atoms with Crippen molar-refractivity contribution in [3.8, 4) is 5.75 Å². The summed E-state index contributed by atoms with van der Waals surface area (Å²) in [6.07, 6.45) is 1.84. The van der Waals surface area contributed by atoms with Gasteiger partial charge in [-0.3, -0.25) is 4.79 Å². The van der Waals surface area contributed by atoms with Crippen LogP contribution in [-0.2, 0) is 9.53 Å². The number of hydrazone groups is 1. The molecule has 0 radical (unpaired) electrons. The number of carbonyl (C=O) groups excluding carboxylic acids is 1. The lowest BCUT2D eigenvalue weighted by Gasteiger charge is -2.23. The Bertz CT molecular complexity index is 561. The van der Waals surface area contributed by atoms with Crippen molar-refractivity contribution < 1.29 is 19.5 Å². The van der Waals surface area contributed by atoms with Gasteiger partial charge < -0.3 is 14.7 Å². The molecule has 1 heterocycles. The molecule has 1 aliphatic rings. The van der Waals surface area contributed by atoms with E-state index in [2.05, 4.69) is 42.4 Å². The fraction of sp³-hybridized carbons (Fsp3) is 0.429. The zero-order valence-electron chi connectivity index (χ0n) is 11.9. The van der Waals surface area contributed by atoms with Gasteiger partial charge in [0.2, 0.25) is 5.91 Å². The number of nitrogens with one attached hydrogen (secondary N) is 2. The molecule has 1 saturated heterocycles. The van der Waals surface area contributed by atoms with Gasteiger partial charge in [0.15, 0.2) is 0 Å². The normalized spacial score (nSPS) is 16.1. The molecule has 0 unspecified atom stereocenters. The Labute approximate surface area is 145 Å². The summed E-state index contributed by atoms with van der Waals surface area (Å²) in [5, 5.41) is 13.8. The van der Waals surface area contributed by atoms with Crippen LogP contribution in [0.15, 0.2) is 26.2 Å². The van der Waals surface area contributed by atoms with E-state index in [-0.39, 0.29) is 11.7 Å². The number of phenols is 1. The van der Waals surface area contributed by atoms with Gasteiger partial charge in [-0.1, -0.05) is 15.9 Å². The van der Waals surface area contributed by atoms with E-state index in [9.17, 15) is 9.90 Å². The number of carbonyl (C=O) groups is 1. The van der Waals surface area contributed by atoms with Crippen LogP contribution in [-0.4, -0.2) is 50.1 Å². The third-order valence-corrected chi connectivity index (χ3v) is 4.42. The fourth-order valence-electron chi connectivity index (χ4n) is 2.11. The largest absolute Gasteiger partial charge is 0.506 e. The number of nitrogens with zero attached hydrogens (tertiary/aromatic N) is 1. The second-order valence-corrected chi connectivity index (χ2v) is 6.75. The number of benzene rings is 1. The third-order valence-electron chi connectivity index (χ3n) is 3.36. The number of aromatic hydroxyl groups is 1. The van der Waals surface area contributed by atoms with Crippen LogP contribution in [0.2, 0.25) is 0 Å². The average molecular weight is 436 g/mol. The molecular weight excluding hydrogens is 418 g/mol. The molecular formula is C14H18Br2N3O3+. The number of amides is 1. The van der Waals surface area contributed by atoms with Crippen molar-refractivity contribution in [1.82, 2.24) is 5.43 Å². The van der Waals surface area contributed by atoms with Gasteiger partial charge in [-0.05, 0) is 28.1 Å². The fourth-order valence-corrected chi connectivity index (χ4v) is 3.37. The lowest BCUT2D eigenvalue weighted by molar-refractivity contribution is -0.907. The van der Waals surface area contributed by atoms with E-state index in [1.165, 1.54) is 11.1 Å². The van der Waals surface area contributed by atoms with Gasteiger partial charge in [0, 0.05) is 10.0 Å². The Morgan fingerprint density at radius 3 is 2.86 bits per heavy atom. The zero-order valence-corrected chi connectivity index (χ0v) is 15.1. The molecule has 120 valence electrons. The summed E-state index contributed by atoms with van der Waals surface area (Å²) in [5.74, 6) is -0.0530. The minimum Gasteiger partial charge on any atom is -0.506 e. The molecule has 0 atom stereocenters. The lowest BCUT2D eigenvalue weighted by Crippen LogP contribution is -3.14. The van der Waals surface area contributed by atoms with Crippen LogP contribution in [0.4, 0.5) is 0 Å². The van der Waals surface area contributed by atoms with Crippen LogP contribution in [0, 0.1) is 0 Å². The topological polar surface area (TPSA) is 75.4 Å². The van der Waals surface area contributed by atoms with Gasteiger partial charge >= 0.3 is 0 Å². The first kappa shape index (κ1) is 17.4. The minimum atomic E-state index is -0.135. The molecule has 0 saturated carbocycles. The zero-order chi connectivity index (χ0) is 15.9.